The third-order valence-electron chi connectivity index (χ3n) is 4.75. The predicted octanol–water partition coefficient (Wildman–Crippen LogP) is 5.83. The fraction of sp³-hybridized carbons (Fsp3) is 0.417. The van der Waals surface area contributed by atoms with E-state index in [9.17, 15) is 26.4 Å². The molecule has 0 bridgehead atoms. The Bertz CT molecular complexity index is 1210. The van der Waals surface area contributed by atoms with Gasteiger partial charge in [-0.15, -0.1) is 0 Å². The Hall–Kier alpha value is -3.03. The van der Waals surface area contributed by atoms with Crippen molar-refractivity contribution in [3.05, 3.63) is 52.7 Å². The molecule has 0 aliphatic rings. The average molecular weight is 581 g/mol. The molecular weight excluding hydrogens is 553 g/mol. The molecule has 1 aromatic heterocycles. The van der Waals surface area contributed by atoms with Crippen molar-refractivity contribution in [2.45, 2.75) is 32.4 Å². The quantitative estimate of drug-likeness (QED) is 0.278. The molecule has 0 aliphatic carbocycles. The van der Waals surface area contributed by atoms with E-state index >= 15 is 0 Å². The summed E-state index contributed by atoms with van der Waals surface area (Å²) in [6, 6.07) is 5.37. The number of hydrogen-bond donors (Lipinski definition) is 1. The van der Waals surface area contributed by atoms with Crippen molar-refractivity contribution in [2.24, 2.45) is 0 Å². The van der Waals surface area contributed by atoms with Crippen molar-refractivity contribution in [2.75, 3.05) is 32.7 Å². The van der Waals surface area contributed by atoms with Crippen LogP contribution in [0.3, 0.4) is 0 Å². The summed E-state index contributed by atoms with van der Waals surface area (Å²) >= 11 is 5.97. The van der Waals surface area contributed by atoms with E-state index in [1.807, 2.05) is 11.6 Å². The third-order valence-corrected chi connectivity index (χ3v) is 6.32. The highest BCUT2D eigenvalue weighted by atomic mass is 35.5. The van der Waals surface area contributed by atoms with Crippen LogP contribution >= 0.6 is 11.6 Å². The maximum atomic E-state index is 12.9. The topological polar surface area (TPSA) is 113 Å². The van der Waals surface area contributed by atoms with Crippen LogP contribution in [0.1, 0.15) is 37.3 Å². The van der Waals surface area contributed by atoms with E-state index in [1.54, 1.807) is 12.1 Å². The van der Waals surface area contributed by atoms with Crippen molar-refractivity contribution in [1.82, 2.24) is 9.71 Å². The molecule has 0 unspecified atom stereocenters. The Labute approximate surface area is 223 Å². The molecule has 2 rings (SSSR count). The van der Waals surface area contributed by atoms with Gasteiger partial charge in [-0.2, -0.15) is 13.2 Å². The van der Waals surface area contributed by atoms with Crippen molar-refractivity contribution >= 4 is 33.8 Å². The number of amides is 1. The number of halogens is 4. The van der Waals surface area contributed by atoms with Crippen molar-refractivity contribution < 1.29 is 45.3 Å². The van der Waals surface area contributed by atoms with Gasteiger partial charge in [0.1, 0.15) is 29.7 Å². The third kappa shape index (κ3) is 10.8. The Morgan fingerprint density at radius 2 is 1.95 bits per heavy atom. The molecule has 9 nitrogen and oxygen atoms in total. The number of nitrogens with zero attached hydrogens (tertiary/aromatic N) is 1. The van der Waals surface area contributed by atoms with Gasteiger partial charge in [-0.25, -0.2) is 22.9 Å². The maximum Gasteiger partial charge on any atom is 0.421 e. The van der Waals surface area contributed by atoms with Crippen LogP contribution in [0.2, 0.25) is 5.02 Å². The number of sulfonamides is 1. The molecular formula is C24H28ClF3N2O7S. The van der Waals surface area contributed by atoms with Crippen molar-refractivity contribution in [1.29, 1.82) is 0 Å². The van der Waals surface area contributed by atoms with Crippen LogP contribution in [0.25, 0.3) is 6.08 Å². The lowest BCUT2D eigenvalue weighted by Gasteiger charge is -2.13. The number of pyridine rings is 1. The maximum absolute atomic E-state index is 12.9. The number of carbonyl (C=O) groups is 1. The number of benzene rings is 1. The first-order valence-electron chi connectivity index (χ1n) is 11.5. The minimum Gasteiger partial charge on any atom is -0.491 e. The highest BCUT2D eigenvalue weighted by Gasteiger charge is 2.32. The van der Waals surface area contributed by atoms with Gasteiger partial charge in [-0.05, 0) is 30.7 Å². The van der Waals surface area contributed by atoms with Crippen LogP contribution in [0.5, 0.6) is 17.4 Å². The lowest BCUT2D eigenvalue weighted by Crippen LogP contribution is -2.33. The molecule has 0 spiro atoms. The Morgan fingerprint density at radius 1 is 1.18 bits per heavy atom. The Kier molecular flexibility index (Phi) is 12.1. The Morgan fingerprint density at radius 3 is 2.61 bits per heavy atom. The summed E-state index contributed by atoms with van der Waals surface area (Å²) < 4.78 is 85.4. The van der Waals surface area contributed by atoms with Crippen LogP contribution in [-0.4, -0.2) is 52.2 Å². The van der Waals surface area contributed by atoms with E-state index in [0.717, 1.165) is 6.42 Å². The van der Waals surface area contributed by atoms with E-state index in [2.05, 4.69) is 4.98 Å². The molecule has 38 heavy (non-hydrogen) atoms. The number of carbonyl (C=O) groups excluding carboxylic acids is 1. The van der Waals surface area contributed by atoms with Crippen LogP contribution in [-0.2, 0) is 25.7 Å². The van der Waals surface area contributed by atoms with Gasteiger partial charge in [0.2, 0.25) is 15.9 Å². The summed E-state index contributed by atoms with van der Waals surface area (Å²) in [7, 11) is -2.29. The van der Waals surface area contributed by atoms with E-state index in [1.165, 1.54) is 25.3 Å². The molecule has 0 aliphatic heterocycles. The molecule has 2 aromatic rings. The monoisotopic (exact) mass is 580 g/mol. The molecule has 0 atom stereocenters. The van der Waals surface area contributed by atoms with Gasteiger partial charge in [-0.3, -0.25) is 0 Å². The minimum atomic E-state index is -4.63. The van der Waals surface area contributed by atoms with Gasteiger partial charge >= 0.3 is 12.3 Å². The second-order valence-electron chi connectivity index (χ2n) is 7.78. The van der Waals surface area contributed by atoms with Crippen LogP contribution in [0.15, 0.2) is 36.5 Å². The lowest BCUT2D eigenvalue weighted by molar-refractivity contribution is -0.137. The van der Waals surface area contributed by atoms with Crippen molar-refractivity contribution in [3.8, 4) is 17.4 Å². The predicted molar refractivity (Wildman–Crippen MR) is 135 cm³/mol. The molecule has 0 saturated heterocycles. The number of hydrogen-bond acceptors (Lipinski definition) is 8. The van der Waals surface area contributed by atoms with Crippen LogP contribution < -0.4 is 14.2 Å². The molecule has 14 heteroatoms. The van der Waals surface area contributed by atoms with Crippen LogP contribution in [0.4, 0.5) is 18.0 Å². The standard InChI is InChI=1S/C24H28ClF3N2O7S/c1-3-4-5-13-38(32,33)30-23(31)36-10-6-7-17-8-9-19(35-12-11-34-2)15-21(17)37-22-20(25)14-18(16-29-22)24(26,27)28/h6-9,14-16H,3-5,10-13H2,1-2H3,(H,30,31)/b7-6+. The number of ether oxygens (including phenoxy) is 4. The molecule has 0 fully saturated rings. The largest absolute Gasteiger partial charge is 0.491 e. The second-order valence-corrected chi connectivity index (χ2v) is 10.0. The molecule has 0 radical (unpaired) electrons. The van der Waals surface area contributed by atoms with Gasteiger partial charge in [0.05, 0.1) is 17.9 Å². The highest BCUT2D eigenvalue weighted by Crippen LogP contribution is 2.36. The van der Waals surface area contributed by atoms with Gasteiger partial charge in [-0.1, -0.05) is 37.4 Å². The highest BCUT2D eigenvalue weighted by molar-refractivity contribution is 7.90. The molecule has 210 valence electrons. The summed E-state index contributed by atoms with van der Waals surface area (Å²) in [5.41, 5.74) is -0.618. The second kappa shape index (κ2) is 14.8. The van der Waals surface area contributed by atoms with Crippen LogP contribution in [0, 0.1) is 0 Å². The SMILES string of the molecule is CCCCCS(=O)(=O)NC(=O)OC/C=C/c1ccc(OCCOC)cc1Oc1ncc(C(F)(F)F)cc1Cl. The van der Waals surface area contributed by atoms with E-state index in [0.29, 0.717) is 43.0 Å². The van der Waals surface area contributed by atoms with E-state index < -0.39 is 27.9 Å². The number of nitrogens with one attached hydrogen (secondary N) is 1. The number of methoxy groups -OCH3 is 1. The molecule has 1 aromatic carbocycles. The molecule has 1 amide bonds. The number of unbranched alkanes of at least 4 members (excludes halogenated alkanes) is 2. The van der Waals surface area contributed by atoms with Gasteiger partial charge in [0, 0.05) is 24.9 Å². The fourth-order valence-electron chi connectivity index (χ4n) is 2.88. The fourth-order valence-corrected chi connectivity index (χ4v) is 4.09. The summed E-state index contributed by atoms with van der Waals surface area (Å²) in [6.45, 7) is 2.20. The van der Waals surface area contributed by atoms with Gasteiger partial charge < -0.3 is 18.9 Å². The normalized spacial score (nSPS) is 11.9. The Balaban J connectivity index is 2.13. The smallest absolute Gasteiger partial charge is 0.421 e. The molecule has 1 N–H and O–H groups in total. The average Bonchev–Trinajstić information content (AvgIpc) is 2.83. The summed E-state index contributed by atoms with van der Waals surface area (Å²) in [4.78, 5) is 15.5. The summed E-state index contributed by atoms with van der Waals surface area (Å²) in [5, 5.41) is -0.361. The molecule has 1 heterocycles. The lowest BCUT2D eigenvalue weighted by atomic mass is 10.1. The minimum absolute atomic E-state index is 0.133. The summed E-state index contributed by atoms with van der Waals surface area (Å²) in [6.07, 6.45) is -0.272. The zero-order valence-corrected chi connectivity index (χ0v) is 22.3. The first kappa shape index (κ1) is 31.2. The number of aromatic nitrogens is 1. The van der Waals surface area contributed by atoms with E-state index in [-0.39, 0.29) is 35.6 Å². The van der Waals surface area contributed by atoms with E-state index in [4.69, 9.17) is 30.5 Å². The molecule has 0 saturated carbocycles. The first-order chi connectivity index (χ1) is 17.9. The zero-order valence-electron chi connectivity index (χ0n) is 20.7. The van der Waals surface area contributed by atoms with Gasteiger partial charge in [0.15, 0.2) is 0 Å². The zero-order chi connectivity index (χ0) is 28.2. The van der Waals surface area contributed by atoms with Gasteiger partial charge in [0.25, 0.3) is 0 Å². The van der Waals surface area contributed by atoms with Crippen molar-refractivity contribution in [3.63, 3.8) is 0 Å². The first-order valence-corrected chi connectivity index (χ1v) is 13.5. The number of rotatable bonds is 14. The number of alkyl halides is 3. The summed E-state index contributed by atoms with van der Waals surface area (Å²) in [5.74, 6) is 0.0490.